The first-order valence-corrected chi connectivity index (χ1v) is 8.88. The second kappa shape index (κ2) is 7.88. The number of piperazine rings is 1. The smallest absolute Gasteiger partial charge is 0.287 e. The van der Waals surface area contributed by atoms with Crippen LogP contribution in [0.25, 0.3) is 0 Å². The van der Waals surface area contributed by atoms with Crippen LogP contribution in [0.4, 0.5) is 5.82 Å². The Morgan fingerprint density at radius 3 is 2.56 bits per heavy atom. The molecule has 0 atom stereocenters. The van der Waals surface area contributed by atoms with E-state index < -0.39 is 5.91 Å². The molecule has 1 fully saturated rings. The molecule has 2 aromatic heterocycles. The van der Waals surface area contributed by atoms with Crippen LogP contribution in [0.5, 0.6) is 0 Å². The lowest BCUT2D eigenvalue weighted by molar-refractivity contribution is -0.130. The SMILES string of the molecule is O=C(NCC(=O)N1CCN(c2ccc(Cl)cn2)CC1)c1ccc(Br)o1. The van der Waals surface area contributed by atoms with E-state index in [1.54, 1.807) is 29.3 Å². The number of aromatic nitrogens is 1. The highest BCUT2D eigenvalue weighted by molar-refractivity contribution is 9.10. The van der Waals surface area contributed by atoms with Gasteiger partial charge in [-0.1, -0.05) is 11.6 Å². The fourth-order valence-electron chi connectivity index (χ4n) is 2.53. The van der Waals surface area contributed by atoms with E-state index in [2.05, 4.69) is 31.1 Å². The van der Waals surface area contributed by atoms with E-state index in [0.717, 1.165) is 5.82 Å². The molecular weight excluding hydrogens is 412 g/mol. The molecule has 3 heterocycles. The standard InChI is InChI=1S/C16H16BrClN4O3/c17-13-3-2-12(25-13)16(24)20-10-15(23)22-7-5-21(6-8-22)14-4-1-11(18)9-19-14/h1-4,9H,5-8,10H2,(H,20,24). The largest absolute Gasteiger partial charge is 0.444 e. The molecule has 1 aliphatic rings. The molecular formula is C16H16BrClN4O3. The van der Waals surface area contributed by atoms with Crippen LogP contribution in [0.2, 0.25) is 5.02 Å². The number of hydrogen-bond donors (Lipinski definition) is 1. The molecule has 0 unspecified atom stereocenters. The number of pyridine rings is 1. The van der Waals surface area contributed by atoms with Crippen LogP contribution in [-0.2, 0) is 4.79 Å². The summed E-state index contributed by atoms with van der Waals surface area (Å²) in [6, 6.07) is 6.83. The Hall–Kier alpha value is -2.06. The summed E-state index contributed by atoms with van der Waals surface area (Å²) in [5.74, 6) is 0.470. The maximum atomic E-state index is 12.2. The summed E-state index contributed by atoms with van der Waals surface area (Å²) >= 11 is 8.98. The summed E-state index contributed by atoms with van der Waals surface area (Å²) in [4.78, 5) is 32.2. The van der Waals surface area contributed by atoms with Crippen molar-refractivity contribution in [2.24, 2.45) is 0 Å². The monoisotopic (exact) mass is 426 g/mol. The summed E-state index contributed by atoms with van der Waals surface area (Å²) in [5.41, 5.74) is 0. The van der Waals surface area contributed by atoms with Crippen molar-refractivity contribution < 1.29 is 14.0 Å². The second-order valence-corrected chi connectivity index (χ2v) is 6.71. The molecule has 0 spiro atoms. The Morgan fingerprint density at radius 2 is 1.96 bits per heavy atom. The van der Waals surface area contributed by atoms with E-state index >= 15 is 0 Å². The first-order valence-electron chi connectivity index (χ1n) is 7.71. The molecule has 2 amide bonds. The molecule has 0 aromatic carbocycles. The first-order chi connectivity index (χ1) is 12.0. The minimum absolute atomic E-state index is 0.0592. The van der Waals surface area contributed by atoms with Crippen LogP contribution in [0.15, 0.2) is 39.5 Å². The number of carbonyl (C=O) groups is 2. The summed E-state index contributed by atoms with van der Waals surface area (Å²) in [6.45, 7) is 2.45. The van der Waals surface area contributed by atoms with E-state index in [4.69, 9.17) is 16.0 Å². The summed E-state index contributed by atoms with van der Waals surface area (Å²) in [7, 11) is 0. The van der Waals surface area contributed by atoms with Crippen LogP contribution in [0.3, 0.4) is 0 Å². The third kappa shape index (κ3) is 4.52. The summed E-state index contributed by atoms with van der Waals surface area (Å²) in [5, 5.41) is 3.17. The van der Waals surface area contributed by atoms with E-state index in [1.807, 2.05) is 6.07 Å². The lowest BCUT2D eigenvalue weighted by Gasteiger charge is -2.35. The van der Waals surface area contributed by atoms with E-state index in [1.165, 1.54) is 0 Å². The number of nitrogens with one attached hydrogen (secondary N) is 1. The molecule has 132 valence electrons. The second-order valence-electron chi connectivity index (χ2n) is 5.49. The zero-order valence-corrected chi connectivity index (χ0v) is 15.6. The Kier molecular flexibility index (Phi) is 5.60. The highest BCUT2D eigenvalue weighted by atomic mass is 79.9. The molecule has 0 bridgehead atoms. The van der Waals surface area contributed by atoms with Crippen molar-refractivity contribution in [2.75, 3.05) is 37.6 Å². The molecule has 3 rings (SSSR count). The fraction of sp³-hybridized carbons (Fsp3) is 0.312. The Labute approximate surface area is 158 Å². The molecule has 2 aromatic rings. The highest BCUT2D eigenvalue weighted by Gasteiger charge is 2.22. The molecule has 25 heavy (non-hydrogen) atoms. The maximum absolute atomic E-state index is 12.2. The van der Waals surface area contributed by atoms with Gasteiger partial charge >= 0.3 is 0 Å². The van der Waals surface area contributed by atoms with Crippen LogP contribution in [-0.4, -0.2) is 54.4 Å². The predicted octanol–water partition coefficient (Wildman–Crippen LogP) is 2.17. The van der Waals surface area contributed by atoms with E-state index in [0.29, 0.717) is 35.9 Å². The van der Waals surface area contributed by atoms with Crippen molar-refractivity contribution >= 4 is 45.2 Å². The van der Waals surface area contributed by atoms with Crippen molar-refractivity contribution in [3.63, 3.8) is 0 Å². The van der Waals surface area contributed by atoms with Crippen LogP contribution in [0, 0.1) is 0 Å². The number of halogens is 2. The topological polar surface area (TPSA) is 78.7 Å². The van der Waals surface area contributed by atoms with Gasteiger partial charge < -0.3 is 19.5 Å². The molecule has 1 saturated heterocycles. The van der Waals surface area contributed by atoms with Gasteiger partial charge in [-0.3, -0.25) is 9.59 Å². The minimum Gasteiger partial charge on any atom is -0.444 e. The van der Waals surface area contributed by atoms with Crippen molar-refractivity contribution in [1.29, 1.82) is 0 Å². The molecule has 0 radical (unpaired) electrons. The van der Waals surface area contributed by atoms with Crippen LogP contribution < -0.4 is 10.2 Å². The zero-order chi connectivity index (χ0) is 17.8. The molecule has 1 N–H and O–H groups in total. The zero-order valence-electron chi connectivity index (χ0n) is 13.2. The number of rotatable bonds is 4. The van der Waals surface area contributed by atoms with Gasteiger partial charge in [0.05, 0.1) is 11.6 Å². The number of furan rings is 1. The van der Waals surface area contributed by atoms with Crippen molar-refractivity contribution in [2.45, 2.75) is 0 Å². The lowest BCUT2D eigenvalue weighted by Crippen LogP contribution is -2.51. The normalized spacial score (nSPS) is 14.5. The number of amides is 2. The predicted molar refractivity (Wildman–Crippen MR) is 96.8 cm³/mol. The van der Waals surface area contributed by atoms with E-state index in [-0.39, 0.29) is 18.2 Å². The minimum atomic E-state index is -0.414. The average molecular weight is 428 g/mol. The van der Waals surface area contributed by atoms with Gasteiger partial charge in [0.2, 0.25) is 5.91 Å². The Morgan fingerprint density at radius 1 is 1.20 bits per heavy atom. The van der Waals surface area contributed by atoms with Gasteiger partial charge in [-0.05, 0) is 40.2 Å². The van der Waals surface area contributed by atoms with Crippen molar-refractivity contribution in [1.82, 2.24) is 15.2 Å². The maximum Gasteiger partial charge on any atom is 0.287 e. The molecule has 0 saturated carbocycles. The molecule has 9 heteroatoms. The number of hydrogen-bond acceptors (Lipinski definition) is 5. The van der Waals surface area contributed by atoms with Gasteiger partial charge in [0.25, 0.3) is 5.91 Å². The summed E-state index contributed by atoms with van der Waals surface area (Å²) in [6.07, 6.45) is 1.61. The summed E-state index contributed by atoms with van der Waals surface area (Å²) < 4.78 is 5.62. The van der Waals surface area contributed by atoms with E-state index in [9.17, 15) is 9.59 Å². The number of carbonyl (C=O) groups excluding carboxylic acids is 2. The van der Waals surface area contributed by atoms with Gasteiger partial charge in [0.1, 0.15) is 5.82 Å². The van der Waals surface area contributed by atoms with Crippen LogP contribution >= 0.6 is 27.5 Å². The van der Waals surface area contributed by atoms with Crippen molar-refractivity contribution in [3.8, 4) is 0 Å². The third-order valence-electron chi connectivity index (χ3n) is 3.87. The molecule has 7 nitrogen and oxygen atoms in total. The average Bonchev–Trinajstić information content (AvgIpc) is 3.07. The highest BCUT2D eigenvalue weighted by Crippen LogP contribution is 2.16. The van der Waals surface area contributed by atoms with Gasteiger partial charge in [-0.2, -0.15) is 0 Å². The van der Waals surface area contributed by atoms with Gasteiger partial charge in [-0.15, -0.1) is 0 Å². The Balaban J connectivity index is 1.46. The van der Waals surface area contributed by atoms with Gasteiger partial charge in [0, 0.05) is 32.4 Å². The van der Waals surface area contributed by atoms with Crippen molar-refractivity contribution in [3.05, 3.63) is 45.9 Å². The lowest BCUT2D eigenvalue weighted by atomic mass is 10.3. The molecule has 0 aliphatic carbocycles. The van der Waals surface area contributed by atoms with Crippen LogP contribution in [0.1, 0.15) is 10.6 Å². The number of anilines is 1. The quantitative estimate of drug-likeness (QED) is 0.809. The third-order valence-corrected chi connectivity index (χ3v) is 4.52. The molecule has 1 aliphatic heterocycles. The van der Waals surface area contributed by atoms with Gasteiger partial charge in [-0.25, -0.2) is 4.98 Å². The fourth-order valence-corrected chi connectivity index (χ4v) is 2.95. The van der Waals surface area contributed by atoms with Gasteiger partial charge in [0.15, 0.2) is 10.4 Å². The number of nitrogens with zero attached hydrogens (tertiary/aromatic N) is 3. The first kappa shape index (κ1) is 17.8. The Bertz CT molecular complexity index is 757.